The van der Waals surface area contributed by atoms with Gasteiger partial charge in [0.1, 0.15) is 11.9 Å². The third-order valence-electron chi connectivity index (χ3n) is 9.37. The number of ketones is 1. The summed E-state index contributed by atoms with van der Waals surface area (Å²) in [5.74, 6) is 6.52. The summed E-state index contributed by atoms with van der Waals surface area (Å²) in [5, 5.41) is 35.5. The van der Waals surface area contributed by atoms with Crippen molar-refractivity contribution in [2.24, 2.45) is 10.7 Å². The maximum absolute atomic E-state index is 12.5. The zero-order valence-electron chi connectivity index (χ0n) is 26.5. The van der Waals surface area contributed by atoms with Crippen LogP contribution in [-0.4, -0.2) is 57.1 Å². The first-order valence-corrected chi connectivity index (χ1v) is 16.5. The van der Waals surface area contributed by atoms with Crippen LogP contribution < -0.4 is 15.8 Å². The molecule has 6 rings (SSSR count). The van der Waals surface area contributed by atoms with E-state index in [1.165, 1.54) is 5.56 Å². The summed E-state index contributed by atoms with van der Waals surface area (Å²) in [7, 11) is 0. The van der Waals surface area contributed by atoms with Crippen LogP contribution in [0.15, 0.2) is 58.9 Å². The monoisotopic (exact) mass is 624 g/mol. The van der Waals surface area contributed by atoms with Crippen LogP contribution in [0.3, 0.4) is 0 Å². The molecule has 0 spiro atoms. The van der Waals surface area contributed by atoms with Crippen LogP contribution in [-0.2, 0) is 24.1 Å². The number of aromatic hydroxyl groups is 1. The van der Waals surface area contributed by atoms with Gasteiger partial charge in [-0.15, -0.1) is 0 Å². The molecular formula is C37H44N4O5. The number of benzene rings is 2. The summed E-state index contributed by atoms with van der Waals surface area (Å²) >= 11 is 0. The van der Waals surface area contributed by atoms with Gasteiger partial charge >= 0.3 is 0 Å². The van der Waals surface area contributed by atoms with Crippen LogP contribution in [0.5, 0.6) is 11.5 Å². The number of carbonyl (C=O) groups is 1. The Kier molecular flexibility index (Phi) is 9.90. The molecule has 0 fully saturated rings. The Morgan fingerprint density at radius 2 is 2.07 bits per heavy atom. The number of aliphatic imine (C=N–C) groups is 1. The van der Waals surface area contributed by atoms with E-state index in [1.807, 2.05) is 23.2 Å². The highest BCUT2D eigenvalue weighted by Crippen LogP contribution is 2.37. The molecule has 4 aliphatic heterocycles. The van der Waals surface area contributed by atoms with E-state index < -0.39 is 18.4 Å². The molecule has 2 aromatic rings. The second-order valence-electron chi connectivity index (χ2n) is 12.7. The Labute approximate surface area is 270 Å². The van der Waals surface area contributed by atoms with E-state index in [9.17, 15) is 20.1 Å². The zero-order valence-corrected chi connectivity index (χ0v) is 26.5. The number of hydrogen-bond donors (Lipinski definition) is 5. The zero-order chi connectivity index (χ0) is 32.2. The first-order valence-electron chi connectivity index (χ1n) is 16.5. The van der Waals surface area contributed by atoms with Crippen LogP contribution in [0.25, 0.3) is 0 Å². The van der Waals surface area contributed by atoms with Crippen molar-refractivity contribution >= 4 is 11.5 Å². The molecule has 4 aliphatic rings. The van der Waals surface area contributed by atoms with Crippen molar-refractivity contribution in [2.75, 3.05) is 13.1 Å². The highest BCUT2D eigenvalue weighted by atomic mass is 16.5. The van der Waals surface area contributed by atoms with Gasteiger partial charge < -0.3 is 30.7 Å². The minimum Gasteiger partial charge on any atom is -0.504 e. The molecule has 9 nitrogen and oxygen atoms in total. The smallest absolute Gasteiger partial charge is 0.183 e. The number of carbonyl (C=O) groups excluding carboxylic acids is 1. The summed E-state index contributed by atoms with van der Waals surface area (Å²) in [4.78, 5) is 19.3. The van der Waals surface area contributed by atoms with Crippen molar-refractivity contribution in [3.05, 3.63) is 81.7 Å². The second-order valence-corrected chi connectivity index (χ2v) is 12.7. The number of rotatable bonds is 11. The molecular weight excluding hydrogens is 580 g/mol. The number of Topliss-reactive ketones (excluding diaryl/α,β-unsaturated/α-hetero) is 1. The highest BCUT2D eigenvalue weighted by Gasteiger charge is 2.33. The van der Waals surface area contributed by atoms with Gasteiger partial charge in [-0.05, 0) is 64.8 Å². The lowest BCUT2D eigenvalue weighted by molar-refractivity contribution is -0.121. The van der Waals surface area contributed by atoms with Crippen LogP contribution in [0.2, 0.25) is 0 Å². The largest absolute Gasteiger partial charge is 0.504 e. The van der Waals surface area contributed by atoms with Crippen LogP contribution >= 0.6 is 0 Å². The van der Waals surface area contributed by atoms with E-state index in [-0.39, 0.29) is 30.5 Å². The molecule has 0 unspecified atom stereocenters. The number of hydrogen-bond acceptors (Lipinski definition) is 9. The van der Waals surface area contributed by atoms with Gasteiger partial charge in [0.2, 0.25) is 0 Å². The maximum atomic E-state index is 12.5. The Morgan fingerprint density at radius 3 is 2.91 bits per heavy atom. The van der Waals surface area contributed by atoms with Crippen molar-refractivity contribution < 1.29 is 24.9 Å². The van der Waals surface area contributed by atoms with Gasteiger partial charge in [0.05, 0.1) is 30.9 Å². The standard InChI is InChI=1S/C37H44N4O5/c1-2-3-4-6-25(42)19-26(43)11-9-23-10-14-34(45)35(17-23)46-36-8-5-7-33(44)28-12-13-29-27(15-16-39-37(29)38)30(28)18-24-20-40-32-22-41(36)21-31(24)32/h10,12-14,17,20-21,25,33,36-37,39,42,44-45H,2-4,6,8-9,11,15-16,18-19,22,38H2,1H3/t25-,33+,36-,37-/m1/s1. The maximum Gasteiger partial charge on any atom is 0.183 e. The Bertz CT molecular complexity index is 1630. The number of allylic oxidation sites excluding steroid dienone is 1. The fourth-order valence-corrected chi connectivity index (χ4v) is 6.79. The van der Waals surface area contributed by atoms with Crippen LogP contribution in [0.4, 0.5) is 0 Å². The van der Waals surface area contributed by atoms with Crippen molar-refractivity contribution in [3.63, 3.8) is 0 Å². The molecule has 0 radical (unpaired) electrons. The fraction of sp³-hybridized carbons (Fsp3) is 0.459. The molecule has 6 N–H and O–H groups in total. The van der Waals surface area contributed by atoms with Gasteiger partial charge in [-0.2, -0.15) is 0 Å². The van der Waals surface area contributed by atoms with Crippen molar-refractivity contribution in [1.82, 2.24) is 10.2 Å². The number of ether oxygens (including phenoxy) is 1. The molecule has 0 saturated heterocycles. The first-order chi connectivity index (χ1) is 22.3. The summed E-state index contributed by atoms with van der Waals surface area (Å²) < 4.78 is 6.41. The molecule has 242 valence electrons. The van der Waals surface area contributed by atoms with E-state index in [0.29, 0.717) is 38.0 Å². The SMILES string of the molecule is CCCCC[C@@H](O)CC(=O)CCc1ccc(O)c(O[C@@H]2CC#C[C@H](O)c3ccc4c(c3CC3=CN=C5CN2C=C35)CCN[C@H]4N)c1. The van der Waals surface area contributed by atoms with E-state index in [2.05, 4.69) is 30.3 Å². The topological polar surface area (TPSA) is 141 Å². The molecule has 0 amide bonds. The lowest BCUT2D eigenvalue weighted by atomic mass is 9.84. The number of nitrogens with zero attached hydrogens (tertiary/aromatic N) is 2. The molecule has 0 saturated carbocycles. The summed E-state index contributed by atoms with van der Waals surface area (Å²) in [6.45, 7) is 3.42. The molecule has 46 heavy (non-hydrogen) atoms. The Hall–Kier alpha value is -3.94. The number of phenols is 1. The lowest BCUT2D eigenvalue weighted by Crippen LogP contribution is -2.36. The number of nitrogens with two attached hydrogens (primary N) is 1. The number of fused-ring (bicyclic) bond motifs is 4. The van der Waals surface area contributed by atoms with Crippen molar-refractivity contribution in [3.8, 4) is 23.3 Å². The van der Waals surface area contributed by atoms with Gasteiger partial charge in [-0.25, -0.2) is 0 Å². The minimum absolute atomic E-state index is 0.00287. The highest BCUT2D eigenvalue weighted by molar-refractivity contribution is 6.09. The van der Waals surface area contributed by atoms with Gasteiger partial charge in [0.15, 0.2) is 17.7 Å². The average Bonchev–Trinajstić information content (AvgIpc) is 3.62. The van der Waals surface area contributed by atoms with Gasteiger partial charge in [-0.3, -0.25) is 15.1 Å². The van der Waals surface area contributed by atoms with Crippen molar-refractivity contribution in [1.29, 1.82) is 0 Å². The average molecular weight is 625 g/mol. The molecule has 4 atom stereocenters. The van der Waals surface area contributed by atoms with E-state index in [4.69, 9.17) is 15.5 Å². The minimum atomic E-state index is -0.977. The first kappa shape index (κ1) is 32.0. The third kappa shape index (κ3) is 7.06. The summed E-state index contributed by atoms with van der Waals surface area (Å²) in [5.41, 5.74) is 14.4. The quantitative estimate of drug-likeness (QED) is 0.185. The molecule has 9 heteroatoms. The van der Waals surface area contributed by atoms with Crippen molar-refractivity contribution in [2.45, 2.75) is 95.7 Å². The number of aliphatic hydroxyl groups excluding tert-OH is 2. The van der Waals surface area contributed by atoms with E-state index in [0.717, 1.165) is 71.3 Å². The van der Waals surface area contributed by atoms with Gasteiger partial charge in [0, 0.05) is 43.8 Å². The summed E-state index contributed by atoms with van der Waals surface area (Å²) in [6, 6.07) is 9.07. The van der Waals surface area contributed by atoms with E-state index in [1.54, 1.807) is 18.2 Å². The predicted molar refractivity (Wildman–Crippen MR) is 177 cm³/mol. The second kappa shape index (κ2) is 14.2. The normalized spacial score (nSPS) is 22.2. The van der Waals surface area contributed by atoms with Gasteiger partial charge in [-0.1, -0.05) is 56.2 Å². The molecule has 0 aliphatic carbocycles. The van der Waals surface area contributed by atoms with Crippen LogP contribution in [0, 0.1) is 11.8 Å². The molecule has 2 aromatic carbocycles. The molecule has 4 heterocycles. The molecule has 2 bridgehead atoms. The van der Waals surface area contributed by atoms with E-state index >= 15 is 0 Å². The Morgan fingerprint density at radius 1 is 1.22 bits per heavy atom. The predicted octanol–water partition coefficient (Wildman–Crippen LogP) is 4.25. The fourth-order valence-electron chi connectivity index (χ4n) is 6.79. The lowest BCUT2D eigenvalue weighted by Gasteiger charge is -2.29. The molecule has 0 aromatic heterocycles. The number of aliphatic hydroxyl groups is 2. The number of aryl methyl sites for hydroxylation is 1. The number of nitrogens with one attached hydrogen (secondary N) is 1. The van der Waals surface area contributed by atoms with Crippen LogP contribution in [0.1, 0.15) is 92.0 Å². The number of phenolic OH excluding ortho intramolecular Hbond substituents is 1. The Balaban J connectivity index is 1.20. The summed E-state index contributed by atoms with van der Waals surface area (Å²) in [6.07, 6.45) is 8.00. The van der Waals surface area contributed by atoms with Gasteiger partial charge in [0.25, 0.3) is 0 Å². The third-order valence-corrected chi connectivity index (χ3v) is 9.37. The number of unbranched alkanes of at least 4 members (excludes halogenated alkanes) is 2.